The van der Waals surface area contributed by atoms with Gasteiger partial charge in [-0.2, -0.15) is 0 Å². The summed E-state index contributed by atoms with van der Waals surface area (Å²) < 4.78 is 0. The molecule has 7 atom stereocenters. The van der Waals surface area contributed by atoms with Crippen molar-refractivity contribution < 1.29 is 24.9 Å². The van der Waals surface area contributed by atoms with E-state index in [1.165, 1.54) is 5.57 Å². The second kappa shape index (κ2) is 5.73. The first-order chi connectivity index (χ1) is 12.2. The molecule has 0 spiro atoms. The normalized spacial score (nSPS) is 50.5. The van der Waals surface area contributed by atoms with Gasteiger partial charge in [-0.15, -0.1) is 0 Å². The van der Waals surface area contributed by atoms with Crippen LogP contribution in [0.4, 0.5) is 0 Å². The maximum atomic E-state index is 12.4. The van der Waals surface area contributed by atoms with Gasteiger partial charge < -0.3 is 15.3 Å². The van der Waals surface area contributed by atoms with Crippen LogP contribution < -0.4 is 0 Å². The molecule has 0 heterocycles. The van der Waals surface area contributed by atoms with Gasteiger partial charge in [-0.25, -0.2) is 0 Å². The molecule has 26 heavy (non-hydrogen) atoms. The molecule has 0 saturated heterocycles. The van der Waals surface area contributed by atoms with Crippen molar-refractivity contribution in [2.75, 3.05) is 6.61 Å². The molecule has 5 nitrogen and oxygen atoms in total. The minimum atomic E-state index is -1.54. The highest BCUT2D eigenvalue weighted by Crippen LogP contribution is 2.67. The Morgan fingerprint density at radius 2 is 1.96 bits per heavy atom. The predicted molar refractivity (Wildman–Crippen MR) is 95.1 cm³/mol. The van der Waals surface area contributed by atoms with E-state index in [0.29, 0.717) is 19.3 Å². The molecule has 0 aromatic carbocycles. The van der Waals surface area contributed by atoms with Gasteiger partial charge in [0.25, 0.3) is 0 Å². The van der Waals surface area contributed by atoms with Gasteiger partial charge in [0.05, 0.1) is 6.10 Å². The fourth-order valence-electron chi connectivity index (χ4n) is 7.28. The van der Waals surface area contributed by atoms with Gasteiger partial charge in [-0.1, -0.05) is 19.4 Å². The Morgan fingerprint density at radius 1 is 1.23 bits per heavy atom. The molecule has 3 saturated carbocycles. The van der Waals surface area contributed by atoms with Crippen molar-refractivity contribution in [2.24, 2.45) is 28.6 Å². The lowest BCUT2D eigenvalue weighted by Gasteiger charge is -2.60. The number of carbonyl (C=O) groups excluding carboxylic acids is 2. The lowest BCUT2D eigenvalue weighted by molar-refractivity contribution is -0.182. The van der Waals surface area contributed by atoms with E-state index in [9.17, 15) is 24.9 Å². The largest absolute Gasteiger partial charge is 0.393 e. The van der Waals surface area contributed by atoms with Gasteiger partial charge in [0.2, 0.25) is 0 Å². The van der Waals surface area contributed by atoms with Crippen LogP contribution in [-0.4, -0.2) is 45.2 Å². The molecule has 0 aliphatic heterocycles. The summed E-state index contributed by atoms with van der Waals surface area (Å²) in [6, 6.07) is 0. The molecule has 4 rings (SSSR count). The SMILES string of the molecule is C[C@]12CCC(=O)C=C1CC[C@@H]1C3CCC(O)(C(=O)CO)[C@]3(C)C[C@H](O)[C@@H]12. The zero-order valence-electron chi connectivity index (χ0n) is 15.7. The summed E-state index contributed by atoms with van der Waals surface area (Å²) in [7, 11) is 0. The van der Waals surface area contributed by atoms with E-state index in [4.69, 9.17) is 0 Å². The highest BCUT2D eigenvalue weighted by molar-refractivity contribution is 5.91. The van der Waals surface area contributed by atoms with Gasteiger partial charge >= 0.3 is 0 Å². The maximum Gasteiger partial charge on any atom is 0.190 e. The summed E-state index contributed by atoms with van der Waals surface area (Å²) in [5.41, 5.74) is -1.23. The molecule has 4 aliphatic carbocycles. The average Bonchev–Trinajstić information content (AvgIpc) is 2.86. The number of aliphatic hydroxyl groups excluding tert-OH is 2. The molecule has 4 aliphatic rings. The van der Waals surface area contributed by atoms with Gasteiger partial charge in [0.1, 0.15) is 12.2 Å². The molecule has 0 aromatic heterocycles. The Kier molecular flexibility index (Phi) is 4.04. The van der Waals surface area contributed by atoms with Crippen molar-refractivity contribution in [3.63, 3.8) is 0 Å². The van der Waals surface area contributed by atoms with Crippen molar-refractivity contribution in [1.29, 1.82) is 0 Å². The number of hydrogen-bond donors (Lipinski definition) is 3. The van der Waals surface area contributed by atoms with Crippen LogP contribution in [0.1, 0.15) is 58.8 Å². The lowest BCUT2D eigenvalue weighted by Crippen LogP contribution is -2.62. The molecule has 0 bridgehead atoms. The van der Waals surface area contributed by atoms with Crippen LogP contribution in [0.5, 0.6) is 0 Å². The van der Waals surface area contributed by atoms with E-state index in [-0.39, 0.29) is 29.0 Å². The Morgan fingerprint density at radius 3 is 2.65 bits per heavy atom. The van der Waals surface area contributed by atoms with Crippen molar-refractivity contribution in [3.8, 4) is 0 Å². The third-order valence-electron chi connectivity index (χ3n) is 8.65. The number of ketones is 2. The Balaban J connectivity index is 1.74. The van der Waals surface area contributed by atoms with Crippen LogP contribution in [0, 0.1) is 28.6 Å². The minimum absolute atomic E-state index is 0.0697. The fraction of sp³-hybridized carbons (Fsp3) is 0.810. The Hall–Kier alpha value is -1.04. The van der Waals surface area contributed by atoms with E-state index >= 15 is 0 Å². The quantitative estimate of drug-likeness (QED) is 0.696. The lowest BCUT2D eigenvalue weighted by atomic mass is 9.45. The molecule has 0 aromatic rings. The topological polar surface area (TPSA) is 94.8 Å². The van der Waals surface area contributed by atoms with Crippen molar-refractivity contribution in [1.82, 2.24) is 0 Å². The van der Waals surface area contributed by atoms with Crippen LogP contribution >= 0.6 is 0 Å². The Bertz CT molecular complexity index is 684. The molecule has 5 heteroatoms. The van der Waals surface area contributed by atoms with Gasteiger partial charge in [-0.3, -0.25) is 9.59 Å². The van der Waals surface area contributed by atoms with Gasteiger partial charge in [0, 0.05) is 11.8 Å². The highest BCUT2D eigenvalue weighted by Gasteiger charge is 2.68. The summed E-state index contributed by atoms with van der Waals surface area (Å²) in [5, 5.41) is 31.7. The minimum Gasteiger partial charge on any atom is -0.393 e. The summed E-state index contributed by atoms with van der Waals surface area (Å²) in [4.78, 5) is 24.3. The predicted octanol–water partition coefficient (Wildman–Crippen LogP) is 1.78. The van der Waals surface area contributed by atoms with Crippen molar-refractivity contribution in [3.05, 3.63) is 11.6 Å². The van der Waals surface area contributed by atoms with E-state index in [1.807, 2.05) is 6.92 Å². The molecule has 3 fully saturated rings. The number of aliphatic hydroxyl groups is 3. The third-order valence-corrected chi connectivity index (χ3v) is 8.65. The number of rotatable bonds is 2. The second-order valence-electron chi connectivity index (χ2n) is 9.56. The molecule has 2 unspecified atom stereocenters. The molecule has 3 N–H and O–H groups in total. The number of carbonyl (C=O) groups is 2. The fourth-order valence-corrected chi connectivity index (χ4v) is 7.28. The second-order valence-corrected chi connectivity index (χ2v) is 9.56. The van der Waals surface area contributed by atoms with E-state index in [0.717, 1.165) is 25.7 Å². The van der Waals surface area contributed by atoms with Crippen LogP contribution in [0.3, 0.4) is 0 Å². The first-order valence-electron chi connectivity index (χ1n) is 9.96. The van der Waals surface area contributed by atoms with E-state index < -0.39 is 29.5 Å². The van der Waals surface area contributed by atoms with Crippen LogP contribution in [0.15, 0.2) is 11.6 Å². The summed E-state index contributed by atoms with van der Waals surface area (Å²) in [6.07, 6.45) is 5.74. The van der Waals surface area contributed by atoms with Crippen molar-refractivity contribution in [2.45, 2.75) is 70.5 Å². The first-order valence-corrected chi connectivity index (χ1v) is 9.96. The number of fused-ring (bicyclic) bond motifs is 5. The smallest absolute Gasteiger partial charge is 0.190 e. The molecular formula is C21H30O5. The molecule has 144 valence electrons. The number of allylic oxidation sites excluding steroid dienone is 1. The first kappa shape index (κ1) is 18.3. The molecule has 0 radical (unpaired) electrons. The van der Waals surface area contributed by atoms with Crippen LogP contribution in [0.2, 0.25) is 0 Å². The van der Waals surface area contributed by atoms with Gasteiger partial charge in [-0.05, 0) is 67.8 Å². The maximum absolute atomic E-state index is 12.4. The summed E-state index contributed by atoms with van der Waals surface area (Å²) in [5.74, 6) is 0.140. The van der Waals surface area contributed by atoms with E-state index in [2.05, 4.69) is 6.92 Å². The van der Waals surface area contributed by atoms with Crippen molar-refractivity contribution >= 4 is 11.6 Å². The van der Waals surface area contributed by atoms with E-state index in [1.54, 1.807) is 6.08 Å². The zero-order valence-corrected chi connectivity index (χ0v) is 15.7. The monoisotopic (exact) mass is 362 g/mol. The molecular weight excluding hydrogens is 332 g/mol. The van der Waals surface area contributed by atoms with Crippen LogP contribution in [0.25, 0.3) is 0 Å². The third kappa shape index (κ3) is 2.14. The highest BCUT2D eigenvalue weighted by atomic mass is 16.3. The number of Topliss-reactive ketones (excluding diaryl/α,β-unsaturated/α-hetero) is 1. The number of hydrogen-bond acceptors (Lipinski definition) is 5. The summed E-state index contributed by atoms with van der Waals surface area (Å²) >= 11 is 0. The molecule has 0 amide bonds. The van der Waals surface area contributed by atoms with Gasteiger partial charge in [0.15, 0.2) is 11.6 Å². The average molecular weight is 362 g/mol. The van der Waals surface area contributed by atoms with Crippen LogP contribution in [-0.2, 0) is 9.59 Å². The summed E-state index contributed by atoms with van der Waals surface area (Å²) in [6.45, 7) is 3.46. The standard InChI is InChI=1S/C21H30O5/c1-19-7-5-13(23)9-12(19)3-4-14-15-6-8-21(26,17(25)11-22)20(15,2)10-16(24)18(14)19/h9,14-16,18,22,24,26H,3-8,10-11H2,1-2H3/t14-,15?,16+,18-,19+,20-,21?/m1/s1. The Labute approximate surface area is 154 Å². The zero-order chi connectivity index (χ0) is 18.9.